The molecule has 0 aromatic carbocycles. The number of carbonyl (C=O) groups is 1. The normalized spacial score (nSPS) is 16.0. The fourth-order valence-electron chi connectivity index (χ4n) is 2.34. The Kier molecular flexibility index (Phi) is 16.1. The molecule has 1 heterocycles. The van der Waals surface area contributed by atoms with Crippen molar-refractivity contribution < 1.29 is 40.1 Å². The van der Waals surface area contributed by atoms with Gasteiger partial charge in [-0.3, -0.25) is 4.79 Å². The van der Waals surface area contributed by atoms with E-state index in [0.717, 1.165) is 39.1 Å². The molecular weight excluding hydrogens is 494 g/mol. The first-order valence-electron chi connectivity index (χ1n) is 9.04. The number of likely N-dealkylation sites (tertiary alicyclic amines) is 1. The molecule has 8 heteroatoms. The van der Waals surface area contributed by atoms with Gasteiger partial charge in [-0.25, -0.2) is 0 Å². The molecule has 1 saturated heterocycles. The summed E-state index contributed by atoms with van der Waals surface area (Å²) in [6, 6.07) is 0.129. The van der Waals surface area contributed by atoms with E-state index in [1.165, 1.54) is 0 Å². The Morgan fingerprint density at radius 1 is 1.04 bits per heavy atom. The van der Waals surface area contributed by atoms with Crippen molar-refractivity contribution in [3.63, 3.8) is 0 Å². The van der Waals surface area contributed by atoms with E-state index in [4.69, 9.17) is 19.9 Å². The van der Waals surface area contributed by atoms with E-state index in [0.29, 0.717) is 39.6 Å². The van der Waals surface area contributed by atoms with Crippen molar-refractivity contribution in [2.24, 2.45) is 5.92 Å². The van der Waals surface area contributed by atoms with Crippen molar-refractivity contribution in [2.45, 2.75) is 32.7 Å². The summed E-state index contributed by atoms with van der Waals surface area (Å²) in [5, 5.41) is 2.80. The zero-order valence-corrected chi connectivity index (χ0v) is 18.6. The third kappa shape index (κ3) is 13.8. The average Bonchev–Trinajstić information content (AvgIpc) is 2.57. The molecule has 7 nitrogen and oxygen atoms in total. The molecular formula is C17H34N3O4W-. The van der Waals surface area contributed by atoms with E-state index in [-0.39, 0.29) is 38.9 Å². The number of nitrogens with zero attached hydrogens (tertiary/aromatic N) is 1. The summed E-state index contributed by atoms with van der Waals surface area (Å²) in [5.74, 6) is 0.0638. The third-order valence-corrected chi connectivity index (χ3v) is 3.95. The van der Waals surface area contributed by atoms with Crippen LogP contribution in [0.3, 0.4) is 0 Å². The van der Waals surface area contributed by atoms with Gasteiger partial charge in [0.25, 0.3) is 0 Å². The minimum Gasteiger partial charge on any atom is -0.675 e. The molecule has 1 fully saturated rings. The largest absolute Gasteiger partial charge is 0.675 e. The van der Waals surface area contributed by atoms with Crippen molar-refractivity contribution in [1.82, 2.24) is 10.2 Å². The maximum atomic E-state index is 11.3. The van der Waals surface area contributed by atoms with Crippen LogP contribution in [0.2, 0.25) is 0 Å². The van der Waals surface area contributed by atoms with Crippen molar-refractivity contribution in [3.05, 3.63) is 5.73 Å². The molecule has 25 heavy (non-hydrogen) atoms. The number of hydrogen-bond acceptors (Lipinski definition) is 5. The predicted molar refractivity (Wildman–Crippen MR) is 94.1 cm³/mol. The quantitative estimate of drug-likeness (QED) is 0.365. The summed E-state index contributed by atoms with van der Waals surface area (Å²) in [4.78, 5) is 13.7. The molecule has 0 bridgehead atoms. The number of rotatable bonds is 13. The van der Waals surface area contributed by atoms with E-state index in [1.807, 2.05) is 13.8 Å². The van der Waals surface area contributed by atoms with Gasteiger partial charge < -0.3 is 30.2 Å². The molecule has 1 aliphatic rings. The van der Waals surface area contributed by atoms with Crippen molar-refractivity contribution >= 4 is 5.91 Å². The average molecular weight is 528 g/mol. The van der Waals surface area contributed by atoms with Crippen LogP contribution >= 0.6 is 0 Å². The Labute approximate surface area is 166 Å². The zero-order valence-electron chi connectivity index (χ0n) is 15.6. The molecule has 1 amide bonds. The predicted octanol–water partition coefficient (Wildman–Crippen LogP) is 1.32. The van der Waals surface area contributed by atoms with Crippen LogP contribution in [-0.2, 0) is 40.1 Å². The smallest absolute Gasteiger partial charge is 0.222 e. The van der Waals surface area contributed by atoms with E-state index >= 15 is 0 Å². The van der Waals surface area contributed by atoms with Gasteiger partial charge in [0.05, 0.1) is 39.6 Å². The summed E-state index contributed by atoms with van der Waals surface area (Å²) in [7, 11) is 0. The first kappa shape index (κ1) is 25.0. The SMILES string of the molecule is CC(C)C(=O)NCCOCCOCCOCCN1CCC([NH-])CC1.[W]. The van der Waals surface area contributed by atoms with Gasteiger partial charge in [-0.2, -0.15) is 0 Å². The molecule has 1 rings (SSSR count). The molecule has 0 atom stereocenters. The van der Waals surface area contributed by atoms with Gasteiger partial charge in [-0.15, -0.1) is 6.04 Å². The zero-order chi connectivity index (χ0) is 17.6. The van der Waals surface area contributed by atoms with Gasteiger partial charge >= 0.3 is 0 Å². The number of carbonyl (C=O) groups excluding carboxylic acids is 1. The van der Waals surface area contributed by atoms with E-state index < -0.39 is 0 Å². The minimum absolute atomic E-state index is 0. The number of nitrogens with one attached hydrogen (secondary N) is 2. The molecule has 1 aliphatic heterocycles. The van der Waals surface area contributed by atoms with Gasteiger partial charge in [-0.05, 0) is 13.1 Å². The van der Waals surface area contributed by atoms with Gasteiger partial charge in [0.1, 0.15) is 0 Å². The Morgan fingerprint density at radius 2 is 1.56 bits per heavy atom. The van der Waals surface area contributed by atoms with Crippen LogP contribution in [0.4, 0.5) is 0 Å². The molecule has 0 saturated carbocycles. The Balaban J connectivity index is 0.00000576. The first-order chi connectivity index (χ1) is 11.6. The van der Waals surface area contributed by atoms with Crippen LogP contribution in [-0.4, -0.2) is 82.7 Å². The summed E-state index contributed by atoms with van der Waals surface area (Å²) < 4.78 is 16.4. The van der Waals surface area contributed by atoms with Crippen LogP contribution in [0.15, 0.2) is 0 Å². The molecule has 0 spiro atoms. The maximum absolute atomic E-state index is 11.3. The van der Waals surface area contributed by atoms with Crippen molar-refractivity contribution in [3.8, 4) is 0 Å². The van der Waals surface area contributed by atoms with E-state index in [2.05, 4.69) is 10.2 Å². The molecule has 0 aliphatic carbocycles. The molecule has 2 N–H and O–H groups in total. The van der Waals surface area contributed by atoms with Crippen molar-refractivity contribution in [2.75, 3.05) is 65.8 Å². The fraction of sp³-hybridized carbons (Fsp3) is 0.941. The third-order valence-electron chi connectivity index (χ3n) is 3.95. The second kappa shape index (κ2) is 16.2. The Hall–Kier alpha value is -0.0417. The summed E-state index contributed by atoms with van der Waals surface area (Å²) in [5.41, 5.74) is 7.66. The van der Waals surface area contributed by atoms with Gasteiger partial charge in [0.15, 0.2) is 0 Å². The minimum atomic E-state index is 0. The van der Waals surface area contributed by atoms with Crippen LogP contribution < -0.4 is 5.32 Å². The molecule has 0 aromatic heterocycles. The standard InChI is InChI=1S/C17H34N3O4.W/c1-15(2)17(21)19-5-9-22-11-13-24-14-12-23-10-8-20-6-3-16(18)4-7-20;/h15-16,18H,3-14H2,1-2H3,(H,19,21);/q-1;. The summed E-state index contributed by atoms with van der Waals surface area (Å²) in [6.07, 6.45) is 1.95. The van der Waals surface area contributed by atoms with Gasteiger partial charge in [0, 0.05) is 40.1 Å². The topological polar surface area (TPSA) is 83.8 Å². The Morgan fingerprint density at radius 3 is 2.12 bits per heavy atom. The van der Waals surface area contributed by atoms with Crippen molar-refractivity contribution in [1.29, 1.82) is 0 Å². The molecule has 0 unspecified atom stereocenters. The monoisotopic (exact) mass is 528 g/mol. The first-order valence-corrected chi connectivity index (χ1v) is 9.04. The van der Waals surface area contributed by atoms with Crippen LogP contribution in [0, 0.1) is 5.92 Å². The van der Waals surface area contributed by atoms with Gasteiger partial charge in [0.2, 0.25) is 5.91 Å². The maximum Gasteiger partial charge on any atom is 0.222 e. The van der Waals surface area contributed by atoms with Crippen LogP contribution in [0.25, 0.3) is 5.73 Å². The van der Waals surface area contributed by atoms with Crippen LogP contribution in [0.5, 0.6) is 0 Å². The number of amides is 1. The Bertz CT molecular complexity index is 327. The fourth-order valence-corrected chi connectivity index (χ4v) is 2.34. The summed E-state index contributed by atoms with van der Waals surface area (Å²) >= 11 is 0. The second-order valence-electron chi connectivity index (χ2n) is 6.40. The van der Waals surface area contributed by atoms with Crippen LogP contribution in [0.1, 0.15) is 26.7 Å². The molecule has 0 aromatic rings. The van der Waals surface area contributed by atoms with E-state index in [9.17, 15) is 4.79 Å². The molecule has 0 radical (unpaired) electrons. The molecule has 148 valence electrons. The second-order valence-corrected chi connectivity index (χ2v) is 6.40. The number of hydrogen-bond donors (Lipinski definition) is 1. The number of piperidine rings is 1. The van der Waals surface area contributed by atoms with Gasteiger partial charge in [-0.1, -0.05) is 26.7 Å². The van der Waals surface area contributed by atoms with E-state index in [1.54, 1.807) is 0 Å². The summed E-state index contributed by atoms with van der Waals surface area (Å²) in [6.45, 7) is 10.7. The number of ether oxygens (including phenoxy) is 3.